The predicted molar refractivity (Wildman–Crippen MR) is 92.4 cm³/mol. The Balaban J connectivity index is 2.20. The first kappa shape index (κ1) is 17.1. The fourth-order valence-electron chi connectivity index (χ4n) is 3.29. The van der Waals surface area contributed by atoms with Gasteiger partial charge >= 0.3 is 5.97 Å². The molecule has 0 amide bonds. The first-order valence-corrected chi connectivity index (χ1v) is 8.30. The van der Waals surface area contributed by atoms with E-state index in [0.29, 0.717) is 35.4 Å². The van der Waals surface area contributed by atoms with Crippen molar-refractivity contribution in [3.05, 3.63) is 58.5 Å². The van der Waals surface area contributed by atoms with E-state index in [4.69, 9.17) is 15.2 Å². The van der Waals surface area contributed by atoms with Gasteiger partial charge in [0.1, 0.15) is 11.3 Å². The van der Waals surface area contributed by atoms with E-state index in [2.05, 4.69) is 5.32 Å². The van der Waals surface area contributed by atoms with Crippen LogP contribution in [0.15, 0.2) is 58.5 Å². The molecule has 3 aliphatic rings. The van der Waals surface area contributed by atoms with Crippen LogP contribution in [0.25, 0.3) is 0 Å². The van der Waals surface area contributed by atoms with E-state index in [9.17, 15) is 9.59 Å². The number of carbonyl (C=O) groups is 2. The number of Topliss-reactive ketones (excluding diaryl/α,β-unsaturated/α-hetero) is 1. The van der Waals surface area contributed by atoms with Crippen molar-refractivity contribution < 1.29 is 19.1 Å². The van der Waals surface area contributed by atoms with Gasteiger partial charge in [0.05, 0.1) is 12.2 Å². The number of carbonyl (C=O) groups excluding carboxylic acids is 2. The molecule has 2 heterocycles. The lowest BCUT2D eigenvalue weighted by molar-refractivity contribution is -0.138. The van der Waals surface area contributed by atoms with Gasteiger partial charge in [-0.15, -0.1) is 0 Å². The molecular formula is C19H22N2O4. The summed E-state index contributed by atoms with van der Waals surface area (Å²) in [5.41, 5.74) is 7.42. The molecule has 0 aromatic carbocycles. The summed E-state index contributed by atoms with van der Waals surface area (Å²) < 4.78 is 10.8. The van der Waals surface area contributed by atoms with Crippen LogP contribution < -0.4 is 11.1 Å². The standard InChI is InChI=1S/C19H22N2O4/c1-4-24-18(23)16-14(11-7-5-6-8-21-11)15-12(22)9-19(2,3)10-13(15)25-17(16)20/h5-8,21H,4,9-10,20H2,1-3H3/b14-11-. The maximum Gasteiger partial charge on any atom is 0.344 e. The molecule has 0 spiro atoms. The molecule has 0 radical (unpaired) electrons. The summed E-state index contributed by atoms with van der Waals surface area (Å²) in [6, 6.07) is 0. The van der Waals surface area contributed by atoms with E-state index in [1.807, 2.05) is 26.0 Å². The molecule has 0 unspecified atom stereocenters. The SMILES string of the molecule is CCOC(=O)C1=C(N)OC2=C(C(=O)CC(C)(C)C2)/C1=C1\C=CC=CN1. The molecule has 0 atom stereocenters. The van der Waals surface area contributed by atoms with E-state index in [0.717, 1.165) is 0 Å². The second-order valence-corrected chi connectivity index (χ2v) is 6.95. The number of hydrogen-bond donors (Lipinski definition) is 2. The van der Waals surface area contributed by atoms with Gasteiger partial charge in [-0.25, -0.2) is 4.79 Å². The van der Waals surface area contributed by atoms with Crippen LogP contribution in [0.4, 0.5) is 0 Å². The molecule has 0 fully saturated rings. The van der Waals surface area contributed by atoms with E-state index >= 15 is 0 Å². The fraction of sp³-hybridized carbons (Fsp3) is 0.368. The van der Waals surface area contributed by atoms with Gasteiger partial charge in [0.15, 0.2) is 5.78 Å². The summed E-state index contributed by atoms with van der Waals surface area (Å²) in [6.45, 7) is 5.93. The van der Waals surface area contributed by atoms with E-state index in [1.165, 1.54) is 0 Å². The molecule has 25 heavy (non-hydrogen) atoms. The molecule has 132 valence electrons. The largest absolute Gasteiger partial charge is 0.462 e. The van der Waals surface area contributed by atoms with Gasteiger partial charge in [0, 0.05) is 30.3 Å². The number of nitrogens with one attached hydrogen (secondary N) is 1. The van der Waals surface area contributed by atoms with Crippen LogP contribution in [0.5, 0.6) is 0 Å². The van der Waals surface area contributed by atoms with Crippen molar-refractivity contribution in [1.29, 1.82) is 0 Å². The predicted octanol–water partition coefficient (Wildman–Crippen LogP) is 2.32. The van der Waals surface area contributed by atoms with Crippen LogP contribution in [0, 0.1) is 5.41 Å². The molecule has 0 bridgehead atoms. The van der Waals surface area contributed by atoms with Gasteiger partial charge in [-0.2, -0.15) is 0 Å². The van der Waals surface area contributed by atoms with Crippen molar-refractivity contribution in [3.63, 3.8) is 0 Å². The highest BCUT2D eigenvalue weighted by Gasteiger charge is 2.42. The molecule has 3 N–H and O–H groups in total. The van der Waals surface area contributed by atoms with Crippen molar-refractivity contribution in [2.45, 2.75) is 33.6 Å². The lowest BCUT2D eigenvalue weighted by Gasteiger charge is -2.35. The number of rotatable bonds is 2. The molecule has 1 aliphatic carbocycles. The molecule has 0 saturated carbocycles. The maximum atomic E-state index is 12.9. The highest BCUT2D eigenvalue weighted by molar-refractivity contribution is 6.08. The Morgan fingerprint density at radius 2 is 2.08 bits per heavy atom. The number of allylic oxidation sites excluding steroid dienone is 5. The molecule has 0 aromatic rings. The fourth-order valence-corrected chi connectivity index (χ4v) is 3.29. The average molecular weight is 342 g/mol. The van der Waals surface area contributed by atoms with E-state index < -0.39 is 5.97 Å². The zero-order valence-corrected chi connectivity index (χ0v) is 14.6. The molecule has 6 nitrogen and oxygen atoms in total. The first-order chi connectivity index (χ1) is 11.8. The van der Waals surface area contributed by atoms with Crippen LogP contribution in [0.2, 0.25) is 0 Å². The van der Waals surface area contributed by atoms with Gasteiger partial charge < -0.3 is 20.5 Å². The molecule has 3 rings (SSSR count). The van der Waals surface area contributed by atoms with Gasteiger partial charge in [-0.05, 0) is 24.5 Å². The summed E-state index contributed by atoms with van der Waals surface area (Å²) >= 11 is 0. The summed E-state index contributed by atoms with van der Waals surface area (Å²) in [5, 5.41) is 3.08. The van der Waals surface area contributed by atoms with Gasteiger partial charge in [-0.1, -0.05) is 19.9 Å². The zero-order valence-electron chi connectivity index (χ0n) is 14.6. The molecular weight excluding hydrogens is 320 g/mol. The lowest BCUT2D eigenvalue weighted by Crippen LogP contribution is -2.34. The third-order valence-electron chi connectivity index (χ3n) is 4.27. The number of hydrogen-bond acceptors (Lipinski definition) is 6. The van der Waals surface area contributed by atoms with E-state index in [1.54, 1.807) is 19.2 Å². The highest BCUT2D eigenvalue weighted by Crippen LogP contribution is 2.45. The molecule has 0 saturated heterocycles. The number of ether oxygens (including phenoxy) is 2. The molecule has 6 heteroatoms. The highest BCUT2D eigenvalue weighted by atomic mass is 16.5. The third-order valence-corrected chi connectivity index (χ3v) is 4.27. The van der Waals surface area contributed by atoms with Crippen LogP contribution >= 0.6 is 0 Å². The summed E-state index contributed by atoms with van der Waals surface area (Å²) in [4.78, 5) is 25.4. The monoisotopic (exact) mass is 342 g/mol. The lowest BCUT2D eigenvalue weighted by atomic mass is 9.73. The maximum absolute atomic E-state index is 12.9. The van der Waals surface area contributed by atoms with E-state index in [-0.39, 0.29) is 29.3 Å². The van der Waals surface area contributed by atoms with Crippen molar-refractivity contribution in [2.75, 3.05) is 6.61 Å². The zero-order chi connectivity index (χ0) is 18.2. The Bertz CT molecular complexity index is 794. The topological polar surface area (TPSA) is 90.7 Å². The Morgan fingerprint density at radius 3 is 2.72 bits per heavy atom. The minimum Gasteiger partial charge on any atom is -0.462 e. The van der Waals surface area contributed by atoms with Crippen LogP contribution in [-0.2, 0) is 19.1 Å². The van der Waals surface area contributed by atoms with Gasteiger partial charge in [-0.3, -0.25) is 4.79 Å². The van der Waals surface area contributed by atoms with Crippen molar-refractivity contribution in [3.8, 4) is 0 Å². The molecule has 2 aliphatic heterocycles. The summed E-state index contributed by atoms with van der Waals surface area (Å²) in [7, 11) is 0. The Hall–Kier alpha value is -2.76. The van der Waals surface area contributed by atoms with Gasteiger partial charge in [0.25, 0.3) is 0 Å². The Labute approximate surface area is 146 Å². The van der Waals surface area contributed by atoms with Crippen LogP contribution in [0.3, 0.4) is 0 Å². The average Bonchev–Trinajstić information content (AvgIpc) is 2.53. The number of esters is 1. The minimum absolute atomic E-state index is 0.0325. The quantitative estimate of drug-likeness (QED) is 0.749. The van der Waals surface area contributed by atoms with Crippen molar-refractivity contribution in [1.82, 2.24) is 5.32 Å². The third kappa shape index (κ3) is 3.12. The number of ketones is 1. The second kappa shape index (κ2) is 6.27. The van der Waals surface area contributed by atoms with Gasteiger partial charge in [0.2, 0.25) is 5.88 Å². The normalized spacial score (nSPS) is 24.7. The first-order valence-electron chi connectivity index (χ1n) is 8.30. The number of dihydropyridines is 1. The second-order valence-electron chi connectivity index (χ2n) is 6.95. The van der Waals surface area contributed by atoms with Crippen LogP contribution in [0.1, 0.15) is 33.6 Å². The Kier molecular flexibility index (Phi) is 4.29. The number of nitrogens with two attached hydrogens (primary N) is 1. The Morgan fingerprint density at radius 1 is 1.32 bits per heavy atom. The van der Waals surface area contributed by atoms with Crippen molar-refractivity contribution >= 4 is 11.8 Å². The summed E-state index contributed by atoms with van der Waals surface area (Å²) in [6.07, 6.45) is 8.12. The summed E-state index contributed by atoms with van der Waals surface area (Å²) in [5.74, 6) is -0.182. The van der Waals surface area contributed by atoms with Crippen molar-refractivity contribution in [2.24, 2.45) is 11.1 Å². The molecule has 0 aromatic heterocycles. The van der Waals surface area contributed by atoms with Crippen LogP contribution in [-0.4, -0.2) is 18.4 Å². The smallest absolute Gasteiger partial charge is 0.344 e. The minimum atomic E-state index is -0.601.